The number of rotatable bonds is 6. The predicted octanol–water partition coefficient (Wildman–Crippen LogP) is 20.3. The Hall–Kier alpha value is -7.76. The average molecular weight is 975 g/mol. The van der Waals surface area contributed by atoms with Gasteiger partial charge in [-0.3, -0.25) is 0 Å². The molecule has 0 saturated heterocycles. The van der Waals surface area contributed by atoms with Crippen molar-refractivity contribution < 1.29 is 0 Å². The van der Waals surface area contributed by atoms with Crippen LogP contribution in [0.2, 0.25) is 0 Å². The second-order valence-corrected chi connectivity index (χ2v) is 24.1. The van der Waals surface area contributed by atoms with Gasteiger partial charge >= 0.3 is 0 Å². The Morgan fingerprint density at radius 1 is 0.342 bits per heavy atom. The van der Waals surface area contributed by atoms with E-state index in [9.17, 15) is 0 Å². The van der Waals surface area contributed by atoms with Crippen LogP contribution in [0.3, 0.4) is 0 Å². The van der Waals surface area contributed by atoms with Crippen LogP contribution >= 0.6 is 22.7 Å². The third-order valence-electron chi connectivity index (χ3n) is 15.8. The summed E-state index contributed by atoms with van der Waals surface area (Å²) < 4.78 is 5.18. The van der Waals surface area contributed by atoms with E-state index in [2.05, 4.69) is 270 Å². The van der Waals surface area contributed by atoms with E-state index in [1.165, 1.54) is 107 Å². The number of hydrogen-bond donors (Lipinski definition) is 0. The Labute approximate surface area is 436 Å². The molecule has 14 rings (SSSR count). The molecule has 0 radical (unpaired) electrons. The lowest BCUT2D eigenvalue weighted by Crippen LogP contribution is -2.26. The molecule has 352 valence electrons. The molecule has 2 aliphatic rings. The van der Waals surface area contributed by atoms with Crippen LogP contribution in [0, 0.1) is 0 Å². The highest BCUT2D eigenvalue weighted by atomic mass is 32.1. The summed E-state index contributed by atoms with van der Waals surface area (Å²) in [6.07, 6.45) is 0. The SMILES string of the molecule is CC(C)(C)c1ccc(N(c2ccccc2)c2cc3c(c4c2sc2ccccc24)-c2c(cc(N(c4ccccc4)c4ccc(C(C)(C)C)cc4)c4c2sc2ccccc24)C32c3ccccc3-c3ccccc32)cc1. The van der Waals surface area contributed by atoms with Gasteiger partial charge in [0.25, 0.3) is 0 Å². The molecule has 12 aromatic rings. The number of nitrogens with zero attached hydrogens (tertiary/aromatic N) is 2. The second-order valence-electron chi connectivity index (χ2n) is 22.0. The molecule has 0 amide bonds. The maximum Gasteiger partial charge on any atom is 0.0727 e. The van der Waals surface area contributed by atoms with Crippen LogP contribution in [0.4, 0.5) is 34.1 Å². The monoisotopic (exact) mass is 974 g/mol. The van der Waals surface area contributed by atoms with Crippen LogP contribution < -0.4 is 9.80 Å². The fourth-order valence-corrected chi connectivity index (χ4v) is 14.9. The van der Waals surface area contributed by atoms with Crippen molar-refractivity contribution in [2.24, 2.45) is 0 Å². The summed E-state index contributed by atoms with van der Waals surface area (Å²) >= 11 is 3.88. The van der Waals surface area contributed by atoms with Gasteiger partial charge in [0, 0.05) is 64.0 Å². The van der Waals surface area contributed by atoms with Gasteiger partial charge in [-0.25, -0.2) is 0 Å². The number of benzene rings is 10. The molecular weight excluding hydrogens is 921 g/mol. The summed E-state index contributed by atoms with van der Waals surface area (Å²) in [5.41, 5.74) is 19.5. The van der Waals surface area contributed by atoms with Crippen molar-refractivity contribution >= 4 is 97.1 Å². The van der Waals surface area contributed by atoms with Gasteiger partial charge in [-0.1, -0.05) is 187 Å². The first kappa shape index (κ1) is 44.0. The number of para-hydroxylation sites is 2. The molecule has 0 N–H and O–H groups in total. The molecular formula is C69H54N2S2. The fourth-order valence-electron chi connectivity index (χ4n) is 12.4. The number of thiophene rings is 2. The smallest absolute Gasteiger partial charge is 0.0727 e. The van der Waals surface area contributed by atoms with Gasteiger partial charge in [-0.2, -0.15) is 0 Å². The van der Waals surface area contributed by atoms with E-state index in [0.717, 1.165) is 22.7 Å². The minimum absolute atomic E-state index is 0.0178. The summed E-state index contributed by atoms with van der Waals surface area (Å²) in [5.74, 6) is 0. The summed E-state index contributed by atoms with van der Waals surface area (Å²) in [6, 6.07) is 82.8. The average Bonchev–Trinajstić information content (AvgIpc) is 4.15. The van der Waals surface area contributed by atoms with Gasteiger partial charge in [0.15, 0.2) is 0 Å². The van der Waals surface area contributed by atoms with Gasteiger partial charge in [-0.05, 0) is 134 Å². The molecule has 2 nitrogen and oxygen atoms in total. The van der Waals surface area contributed by atoms with Gasteiger partial charge < -0.3 is 9.80 Å². The molecule has 2 aromatic heterocycles. The Morgan fingerprint density at radius 2 is 0.740 bits per heavy atom. The zero-order valence-electron chi connectivity index (χ0n) is 42.0. The van der Waals surface area contributed by atoms with E-state index in [4.69, 9.17) is 0 Å². The minimum Gasteiger partial charge on any atom is -0.310 e. The molecule has 2 aliphatic carbocycles. The molecule has 0 saturated carbocycles. The molecule has 1 spiro atoms. The quantitative estimate of drug-likeness (QED) is 0.164. The van der Waals surface area contributed by atoms with Crippen molar-refractivity contribution in [2.45, 2.75) is 57.8 Å². The van der Waals surface area contributed by atoms with E-state index < -0.39 is 5.41 Å². The normalized spacial score (nSPS) is 13.5. The Kier molecular flexibility index (Phi) is 9.71. The lowest BCUT2D eigenvalue weighted by molar-refractivity contribution is 0.590. The van der Waals surface area contributed by atoms with E-state index in [0.29, 0.717) is 0 Å². The molecule has 0 unspecified atom stereocenters. The predicted molar refractivity (Wildman–Crippen MR) is 315 cm³/mol. The molecule has 0 atom stereocenters. The third kappa shape index (κ3) is 6.46. The lowest BCUT2D eigenvalue weighted by atomic mass is 9.70. The largest absolute Gasteiger partial charge is 0.310 e. The number of fused-ring (bicyclic) bond motifs is 18. The van der Waals surface area contributed by atoms with Crippen LogP contribution in [0.15, 0.2) is 218 Å². The van der Waals surface area contributed by atoms with Crippen molar-refractivity contribution in [1.82, 2.24) is 0 Å². The maximum atomic E-state index is 2.63. The Balaban J connectivity index is 1.18. The molecule has 0 fully saturated rings. The molecule has 0 aliphatic heterocycles. The van der Waals surface area contributed by atoms with Gasteiger partial charge in [0.05, 0.1) is 21.5 Å². The van der Waals surface area contributed by atoms with E-state index in [-0.39, 0.29) is 10.8 Å². The summed E-state index contributed by atoms with van der Waals surface area (Å²) in [5, 5.41) is 5.18. The fraction of sp³-hybridized carbons (Fsp3) is 0.130. The number of anilines is 6. The molecule has 4 heteroatoms. The zero-order valence-corrected chi connectivity index (χ0v) is 43.6. The highest BCUT2D eigenvalue weighted by molar-refractivity contribution is 7.27. The van der Waals surface area contributed by atoms with Crippen molar-refractivity contribution in [3.05, 3.63) is 252 Å². The Bertz CT molecular complexity index is 4100. The van der Waals surface area contributed by atoms with Crippen LogP contribution in [-0.4, -0.2) is 0 Å². The van der Waals surface area contributed by atoms with Crippen molar-refractivity contribution in [1.29, 1.82) is 0 Å². The maximum absolute atomic E-state index is 2.63. The molecule has 73 heavy (non-hydrogen) atoms. The van der Waals surface area contributed by atoms with Gasteiger partial charge in [0.1, 0.15) is 0 Å². The first-order valence-electron chi connectivity index (χ1n) is 25.6. The van der Waals surface area contributed by atoms with E-state index in [1.807, 2.05) is 22.7 Å². The number of hydrogen-bond acceptors (Lipinski definition) is 4. The van der Waals surface area contributed by atoms with Crippen LogP contribution in [-0.2, 0) is 16.2 Å². The van der Waals surface area contributed by atoms with Crippen molar-refractivity contribution in [2.75, 3.05) is 9.80 Å². The standard InChI is InChI=1S/C69H54N2S2/c1-67(2,3)43-33-37-47(38-34-43)70(45-21-9-7-10-22-45)57-41-56-64(66-61(57)51-27-15-19-31-59(51)73-66)63-55(69(56)53-29-17-13-25-49(53)50-26-14-18-30-54(50)69)42-58(65-62(63)52-28-16-20-32-60(52)72-65)71(46-23-11-8-12-24-46)48-39-35-44(36-40-48)68(4,5)6/h7-42H,1-6H3. The van der Waals surface area contributed by atoms with Crippen LogP contribution in [0.1, 0.15) is 74.9 Å². The van der Waals surface area contributed by atoms with Gasteiger partial charge in [-0.15, -0.1) is 22.7 Å². The van der Waals surface area contributed by atoms with E-state index >= 15 is 0 Å². The Morgan fingerprint density at radius 3 is 1.26 bits per heavy atom. The summed E-state index contributed by atoms with van der Waals surface area (Å²) in [4.78, 5) is 5.07. The zero-order chi connectivity index (χ0) is 49.4. The van der Waals surface area contributed by atoms with Crippen LogP contribution in [0.5, 0.6) is 0 Å². The topological polar surface area (TPSA) is 6.48 Å². The lowest BCUT2D eigenvalue weighted by Gasteiger charge is -2.34. The van der Waals surface area contributed by atoms with Crippen molar-refractivity contribution in [3.63, 3.8) is 0 Å². The van der Waals surface area contributed by atoms with Gasteiger partial charge in [0.2, 0.25) is 0 Å². The summed E-state index contributed by atoms with van der Waals surface area (Å²) in [6.45, 7) is 13.8. The second kappa shape index (κ2) is 16.1. The molecule has 10 aromatic carbocycles. The highest BCUT2D eigenvalue weighted by Crippen LogP contribution is 2.69. The van der Waals surface area contributed by atoms with E-state index in [1.54, 1.807) is 0 Å². The molecule has 0 bridgehead atoms. The highest BCUT2D eigenvalue weighted by Gasteiger charge is 2.54. The molecule has 2 heterocycles. The minimum atomic E-state index is -0.667. The summed E-state index contributed by atoms with van der Waals surface area (Å²) in [7, 11) is 0. The first-order valence-corrected chi connectivity index (χ1v) is 27.2. The third-order valence-corrected chi connectivity index (χ3v) is 18.1. The first-order chi connectivity index (χ1) is 35.5. The van der Waals surface area contributed by atoms with Crippen LogP contribution in [0.25, 0.3) is 62.6 Å². The van der Waals surface area contributed by atoms with Crippen molar-refractivity contribution in [3.8, 4) is 22.3 Å².